The molecule has 1 fully saturated rings. The molecule has 0 saturated heterocycles. The van der Waals surface area contributed by atoms with Gasteiger partial charge in [0.2, 0.25) is 0 Å². The molecule has 1 nitrogen and oxygen atoms in total. The molecule has 0 amide bonds. The number of hydrogen-bond acceptors (Lipinski definition) is 1. The highest BCUT2D eigenvalue weighted by molar-refractivity contribution is 4.88. The van der Waals surface area contributed by atoms with Gasteiger partial charge in [-0.15, -0.1) is 0 Å². The molecule has 0 bridgehead atoms. The maximum absolute atomic E-state index is 5.47. The van der Waals surface area contributed by atoms with E-state index in [4.69, 9.17) is 4.74 Å². The van der Waals surface area contributed by atoms with Crippen molar-refractivity contribution in [3.8, 4) is 0 Å². The second-order valence-electron chi connectivity index (χ2n) is 3.67. The lowest BCUT2D eigenvalue weighted by molar-refractivity contribution is 0.0484. The summed E-state index contributed by atoms with van der Waals surface area (Å²) in [5.74, 6) is 0. The fourth-order valence-electron chi connectivity index (χ4n) is 0.726. The fourth-order valence-corrected chi connectivity index (χ4v) is 0.726. The number of rotatable bonds is 3. The van der Waals surface area contributed by atoms with Crippen LogP contribution in [-0.2, 0) is 4.74 Å². The van der Waals surface area contributed by atoms with Crippen molar-refractivity contribution >= 4 is 0 Å². The Balaban J connectivity index is 2.05. The molecule has 0 radical (unpaired) electrons. The highest BCUT2D eigenvalue weighted by Gasteiger charge is 2.37. The Labute approximate surface area is 57.4 Å². The second-order valence-corrected chi connectivity index (χ2v) is 3.67. The van der Waals surface area contributed by atoms with Crippen LogP contribution in [0.1, 0.15) is 33.6 Å². The summed E-state index contributed by atoms with van der Waals surface area (Å²) in [6.45, 7) is 7.43. The normalized spacial score (nSPS) is 22.7. The van der Waals surface area contributed by atoms with Gasteiger partial charge in [-0.1, -0.05) is 6.92 Å². The molecule has 9 heavy (non-hydrogen) atoms. The number of hydrogen-bond donors (Lipinski definition) is 0. The molecule has 1 heteroatoms. The average Bonchev–Trinajstić information content (AvgIpc) is 2.45. The Morgan fingerprint density at radius 2 is 2.00 bits per heavy atom. The first-order valence-electron chi connectivity index (χ1n) is 3.74. The lowest BCUT2D eigenvalue weighted by Gasteiger charge is -2.11. The van der Waals surface area contributed by atoms with Crippen molar-refractivity contribution in [1.29, 1.82) is 0 Å². The molecule has 1 aliphatic carbocycles. The summed E-state index contributed by atoms with van der Waals surface area (Å²) in [5.41, 5.74) is 0.560. The van der Waals surface area contributed by atoms with Crippen molar-refractivity contribution in [2.75, 3.05) is 6.61 Å². The van der Waals surface area contributed by atoms with E-state index >= 15 is 0 Å². The van der Waals surface area contributed by atoms with E-state index in [1.807, 2.05) is 0 Å². The molecule has 0 atom stereocenters. The average molecular weight is 128 g/mol. The highest BCUT2D eigenvalue weighted by Crippen LogP contribution is 2.45. The van der Waals surface area contributed by atoms with Gasteiger partial charge in [-0.25, -0.2) is 0 Å². The van der Waals surface area contributed by atoms with Gasteiger partial charge in [-0.2, -0.15) is 0 Å². The fraction of sp³-hybridized carbons (Fsp3) is 1.00. The standard InChI is InChI=1S/C8H16O/c1-7(2)9-6-8(3)4-5-8/h7H,4-6H2,1-3H3. The van der Waals surface area contributed by atoms with Crippen molar-refractivity contribution in [1.82, 2.24) is 0 Å². The van der Waals surface area contributed by atoms with Gasteiger partial charge in [-0.3, -0.25) is 0 Å². The van der Waals surface area contributed by atoms with Crippen molar-refractivity contribution < 1.29 is 4.74 Å². The van der Waals surface area contributed by atoms with Crippen molar-refractivity contribution in [3.05, 3.63) is 0 Å². The molecule has 0 N–H and O–H groups in total. The first-order valence-corrected chi connectivity index (χ1v) is 3.74. The molecule has 1 rings (SSSR count). The Hall–Kier alpha value is -0.0400. The van der Waals surface area contributed by atoms with E-state index in [-0.39, 0.29) is 0 Å². The molecule has 54 valence electrons. The minimum atomic E-state index is 0.405. The molecular formula is C8H16O. The molecule has 0 heterocycles. The van der Waals surface area contributed by atoms with Crippen LogP contribution in [0, 0.1) is 5.41 Å². The lowest BCUT2D eigenvalue weighted by Crippen LogP contribution is -2.11. The smallest absolute Gasteiger partial charge is 0.0523 e. The zero-order valence-corrected chi connectivity index (χ0v) is 6.61. The zero-order valence-electron chi connectivity index (χ0n) is 6.61. The second kappa shape index (κ2) is 2.30. The Kier molecular flexibility index (Phi) is 1.80. The third-order valence-electron chi connectivity index (χ3n) is 1.87. The van der Waals surface area contributed by atoms with Gasteiger partial charge in [0.1, 0.15) is 0 Å². The van der Waals surface area contributed by atoms with E-state index in [9.17, 15) is 0 Å². The van der Waals surface area contributed by atoms with Crippen LogP contribution >= 0.6 is 0 Å². The quantitative estimate of drug-likeness (QED) is 0.566. The molecule has 0 spiro atoms. The van der Waals surface area contributed by atoms with Crippen LogP contribution in [0.3, 0.4) is 0 Å². The molecular weight excluding hydrogens is 112 g/mol. The Bertz CT molecular complexity index is 92.7. The summed E-state index contributed by atoms with van der Waals surface area (Å²) < 4.78 is 5.47. The monoisotopic (exact) mass is 128 g/mol. The van der Waals surface area contributed by atoms with Crippen LogP contribution in [0.4, 0.5) is 0 Å². The third-order valence-corrected chi connectivity index (χ3v) is 1.87. The first kappa shape index (κ1) is 7.07. The maximum atomic E-state index is 5.47. The predicted octanol–water partition coefficient (Wildman–Crippen LogP) is 2.21. The minimum Gasteiger partial charge on any atom is -0.378 e. The summed E-state index contributed by atoms with van der Waals surface area (Å²) >= 11 is 0. The van der Waals surface area contributed by atoms with Crippen LogP contribution in [0.15, 0.2) is 0 Å². The maximum Gasteiger partial charge on any atom is 0.0523 e. The Morgan fingerprint density at radius 1 is 1.44 bits per heavy atom. The molecule has 0 aromatic rings. The minimum absolute atomic E-state index is 0.405. The summed E-state index contributed by atoms with van der Waals surface area (Å²) in [6.07, 6.45) is 3.13. The number of ether oxygens (including phenoxy) is 1. The van der Waals surface area contributed by atoms with Crippen molar-refractivity contribution in [2.45, 2.75) is 39.7 Å². The van der Waals surface area contributed by atoms with Crippen LogP contribution in [0.25, 0.3) is 0 Å². The van der Waals surface area contributed by atoms with Gasteiger partial charge in [-0.05, 0) is 32.1 Å². The van der Waals surface area contributed by atoms with Gasteiger partial charge in [0.15, 0.2) is 0 Å². The topological polar surface area (TPSA) is 9.23 Å². The predicted molar refractivity (Wildman–Crippen MR) is 38.4 cm³/mol. The van der Waals surface area contributed by atoms with E-state index in [0.29, 0.717) is 11.5 Å². The summed E-state index contributed by atoms with van der Waals surface area (Å²) in [6, 6.07) is 0. The molecule has 0 unspecified atom stereocenters. The van der Waals surface area contributed by atoms with E-state index in [0.717, 1.165) is 6.61 Å². The zero-order chi connectivity index (χ0) is 6.91. The highest BCUT2D eigenvalue weighted by atomic mass is 16.5. The first-order chi connectivity index (χ1) is 4.12. The van der Waals surface area contributed by atoms with Crippen LogP contribution in [-0.4, -0.2) is 12.7 Å². The van der Waals surface area contributed by atoms with Crippen molar-refractivity contribution in [2.24, 2.45) is 5.41 Å². The van der Waals surface area contributed by atoms with Gasteiger partial charge in [0, 0.05) is 0 Å². The molecule has 1 saturated carbocycles. The van der Waals surface area contributed by atoms with Gasteiger partial charge < -0.3 is 4.74 Å². The molecule has 0 aromatic heterocycles. The van der Waals surface area contributed by atoms with Crippen LogP contribution in [0.5, 0.6) is 0 Å². The van der Waals surface area contributed by atoms with Crippen molar-refractivity contribution in [3.63, 3.8) is 0 Å². The molecule has 1 aliphatic rings. The van der Waals surface area contributed by atoms with E-state index in [2.05, 4.69) is 20.8 Å². The van der Waals surface area contributed by atoms with E-state index in [1.165, 1.54) is 12.8 Å². The molecule has 0 aromatic carbocycles. The van der Waals surface area contributed by atoms with Gasteiger partial charge >= 0.3 is 0 Å². The van der Waals surface area contributed by atoms with Crippen LogP contribution in [0.2, 0.25) is 0 Å². The summed E-state index contributed by atoms with van der Waals surface area (Å²) in [7, 11) is 0. The lowest BCUT2D eigenvalue weighted by atomic mass is 10.2. The van der Waals surface area contributed by atoms with Crippen LogP contribution < -0.4 is 0 Å². The van der Waals surface area contributed by atoms with E-state index in [1.54, 1.807) is 0 Å². The SMILES string of the molecule is CC(C)OCC1(C)CC1. The summed E-state index contributed by atoms with van der Waals surface area (Å²) in [4.78, 5) is 0. The van der Waals surface area contributed by atoms with E-state index < -0.39 is 0 Å². The third kappa shape index (κ3) is 2.35. The largest absolute Gasteiger partial charge is 0.378 e. The Morgan fingerprint density at radius 3 is 2.33 bits per heavy atom. The van der Waals surface area contributed by atoms with Gasteiger partial charge in [0.25, 0.3) is 0 Å². The summed E-state index contributed by atoms with van der Waals surface area (Å²) in [5, 5.41) is 0. The molecule has 0 aliphatic heterocycles. The van der Waals surface area contributed by atoms with Gasteiger partial charge in [0.05, 0.1) is 12.7 Å².